The number of carbonyl (C=O) groups excluding carboxylic acids is 1. The topological polar surface area (TPSA) is 71.3 Å². The third kappa shape index (κ3) is 6.02. The number of rotatable bonds is 7. The van der Waals surface area contributed by atoms with E-state index < -0.39 is 0 Å². The van der Waals surface area contributed by atoms with E-state index in [1.165, 1.54) is 12.8 Å². The van der Waals surface area contributed by atoms with Crippen LogP contribution in [-0.2, 0) is 12.3 Å². The first-order valence-corrected chi connectivity index (χ1v) is 11.7. The fourth-order valence-electron chi connectivity index (χ4n) is 3.43. The van der Waals surface area contributed by atoms with E-state index in [0.717, 1.165) is 36.1 Å². The molecule has 1 amide bonds. The number of benzene rings is 1. The number of hydrogen-bond acceptors (Lipinski definition) is 6. The van der Waals surface area contributed by atoms with Gasteiger partial charge in [0.25, 0.3) is 5.91 Å². The minimum Gasteiger partial charge on any atom is -0.467 e. The maximum Gasteiger partial charge on any atom is 0.251 e. The molecule has 4 rings (SSSR count). The van der Waals surface area contributed by atoms with E-state index in [1.54, 1.807) is 24.1 Å². The first-order valence-electron chi connectivity index (χ1n) is 10.4. The average molecular weight is 457 g/mol. The molecule has 3 heterocycles. The molecule has 8 heteroatoms. The lowest BCUT2D eigenvalue weighted by atomic mass is 9.99. The minimum atomic E-state index is -0.130. The second kappa shape index (κ2) is 10.2. The molecule has 162 valence electrons. The highest BCUT2D eigenvalue weighted by Gasteiger charge is 2.18. The lowest BCUT2D eigenvalue weighted by Crippen LogP contribution is -2.33. The van der Waals surface area contributed by atoms with Crippen molar-refractivity contribution in [1.82, 2.24) is 15.3 Å². The quantitative estimate of drug-likeness (QED) is 0.300. The molecule has 0 aliphatic carbocycles. The van der Waals surface area contributed by atoms with Crippen molar-refractivity contribution in [1.29, 1.82) is 0 Å². The lowest BCUT2D eigenvalue weighted by molar-refractivity contribution is 0.0948. The Kier molecular flexibility index (Phi) is 7.14. The predicted octanol–water partition coefficient (Wildman–Crippen LogP) is 5.18. The number of amides is 1. The number of anilines is 1. The number of nitrogens with one attached hydrogen (secondary N) is 1. The zero-order valence-electron chi connectivity index (χ0n) is 17.4. The van der Waals surface area contributed by atoms with Crippen LogP contribution in [0, 0.1) is 5.92 Å². The van der Waals surface area contributed by atoms with Gasteiger partial charge in [0.2, 0.25) is 0 Å². The van der Waals surface area contributed by atoms with Gasteiger partial charge in [0, 0.05) is 30.5 Å². The largest absolute Gasteiger partial charge is 0.467 e. The van der Waals surface area contributed by atoms with Crippen molar-refractivity contribution in [3.8, 4) is 0 Å². The summed E-state index contributed by atoms with van der Waals surface area (Å²) in [6.45, 7) is 4.66. The van der Waals surface area contributed by atoms with Crippen molar-refractivity contribution < 1.29 is 9.21 Å². The van der Waals surface area contributed by atoms with E-state index in [2.05, 4.69) is 22.1 Å². The Morgan fingerprint density at radius 1 is 1.23 bits per heavy atom. The number of thioether (sulfide) groups is 1. The van der Waals surface area contributed by atoms with Gasteiger partial charge in [0.1, 0.15) is 16.7 Å². The number of furan rings is 1. The van der Waals surface area contributed by atoms with Crippen LogP contribution in [0.5, 0.6) is 0 Å². The summed E-state index contributed by atoms with van der Waals surface area (Å²) < 4.78 is 5.23. The molecule has 1 N–H and O–H groups in total. The molecule has 0 unspecified atom stereocenters. The van der Waals surface area contributed by atoms with Crippen molar-refractivity contribution in [2.24, 2.45) is 5.92 Å². The van der Waals surface area contributed by atoms with Crippen LogP contribution in [0.4, 0.5) is 5.82 Å². The molecule has 0 spiro atoms. The summed E-state index contributed by atoms with van der Waals surface area (Å²) >= 11 is 7.80. The molecule has 1 aliphatic heterocycles. The van der Waals surface area contributed by atoms with E-state index >= 15 is 0 Å². The lowest BCUT2D eigenvalue weighted by Gasteiger charge is -2.31. The van der Waals surface area contributed by atoms with Crippen LogP contribution in [-0.4, -0.2) is 29.0 Å². The van der Waals surface area contributed by atoms with Gasteiger partial charge in [-0.3, -0.25) is 4.79 Å². The van der Waals surface area contributed by atoms with E-state index in [4.69, 9.17) is 21.0 Å². The van der Waals surface area contributed by atoms with Gasteiger partial charge in [-0.15, -0.1) is 0 Å². The Morgan fingerprint density at radius 3 is 2.71 bits per heavy atom. The minimum absolute atomic E-state index is 0.130. The summed E-state index contributed by atoms with van der Waals surface area (Å²) in [5.41, 5.74) is 1.70. The molecule has 2 aromatic heterocycles. The molecule has 0 bridgehead atoms. The standard InChI is InChI=1S/C23H25ClN4O2S/c1-16-8-10-28(11-9-16)21-13-20(24)26-23(27-21)31-15-17-4-6-18(7-5-17)22(29)25-14-19-3-2-12-30-19/h2-7,12-13,16H,8-11,14-15H2,1H3,(H,25,29). The molecule has 0 atom stereocenters. The summed E-state index contributed by atoms with van der Waals surface area (Å²) in [7, 11) is 0. The van der Waals surface area contributed by atoms with Gasteiger partial charge in [0.15, 0.2) is 5.16 Å². The van der Waals surface area contributed by atoms with Crippen LogP contribution < -0.4 is 10.2 Å². The summed E-state index contributed by atoms with van der Waals surface area (Å²) in [4.78, 5) is 23.6. The third-order valence-electron chi connectivity index (χ3n) is 5.36. The number of hydrogen-bond donors (Lipinski definition) is 1. The van der Waals surface area contributed by atoms with Gasteiger partial charge < -0.3 is 14.6 Å². The Bertz CT molecular complexity index is 1000. The van der Waals surface area contributed by atoms with Crippen LogP contribution in [0.2, 0.25) is 5.15 Å². The second-order valence-corrected chi connectivity index (χ2v) is 9.08. The number of nitrogens with zero attached hydrogens (tertiary/aromatic N) is 3. The SMILES string of the molecule is CC1CCN(c2cc(Cl)nc(SCc3ccc(C(=O)NCc4ccco4)cc3)n2)CC1. The van der Waals surface area contributed by atoms with E-state index in [-0.39, 0.29) is 5.91 Å². The normalized spacial score (nSPS) is 14.6. The van der Waals surface area contributed by atoms with Crippen molar-refractivity contribution in [2.45, 2.75) is 37.2 Å². The highest BCUT2D eigenvalue weighted by Crippen LogP contribution is 2.27. The Balaban J connectivity index is 1.33. The molecular weight excluding hydrogens is 432 g/mol. The molecule has 31 heavy (non-hydrogen) atoms. The Labute approximate surface area is 191 Å². The highest BCUT2D eigenvalue weighted by molar-refractivity contribution is 7.98. The molecular formula is C23H25ClN4O2S. The van der Waals surface area contributed by atoms with Crippen LogP contribution in [0.3, 0.4) is 0 Å². The molecule has 1 fully saturated rings. The zero-order valence-corrected chi connectivity index (χ0v) is 19.0. The first kappa shape index (κ1) is 21.7. The summed E-state index contributed by atoms with van der Waals surface area (Å²) in [5.74, 6) is 2.96. The Morgan fingerprint density at radius 2 is 2.00 bits per heavy atom. The van der Waals surface area contributed by atoms with Crippen LogP contribution in [0.15, 0.2) is 58.3 Å². The van der Waals surface area contributed by atoms with Gasteiger partial charge in [-0.25, -0.2) is 9.97 Å². The van der Waals surface area contributed by atoms with E-state index in [0.29, 0.717) is 28.2 Å². The molecule has 1 saturated heterocycles. The highest BCUT2D eigenvalue weighted by atomic mass is 35.5. The number of piperidine rings is 1. The zero-order chi connectivity index (χ0) is 21.6. The van der Waals surface area contributed by atoms with Gasteiger partial charge in [-0.2, -0.15) is 0 Å². The molecule has 3 aromatic rings. The van der Waals surface area contributed by atoms with Crippen LogP contribution >= 0.6 is 23.4 Å². The molecule has 1 aromatic carbocycles. The van der Waals surface area contributed by atoms with Crippen molar-refractivity contribution in [2.75, 3.05) is 18.0 Å². The second-order valence-electron chi connectivity index (χ2n) is 7.75. The van der Waals surface area contributed by atoms with E-state index in [9.17, 15) is 4.79 Å². The van der Waals surface area contributed by atoms with Gasteiger partial charge >= 0.3 is 0 Å². The summed E-state index contributed by atoms with van der Waals surface area (Å²) in [6.07, 6.45) is 3.94. The van der Waals surface area contributed by atoms with Crippen LogP contribution in [0.1, 0.15) is 41.4 Å². The molecule has 1 aliphatic rings. The smallest absolute Gasteiger partial charge is 0.251 e. The van der Waals surface area contributed by atoms with Gasteiger partial charge in [-0.1, -0.05) is 42.4 Å². The number of aromatic nitrogens is 2. The fourth-order valence-corrected chi connectivity index (χ4v) is 4.47. The Hall–Kier alpha value is -2.51. The van der Waals surface area contributed by atoms with Crippen molar-refractivity contribution >= 4 is 35.1 Å². The maximum absolute atomic E-state index is 12.3. The predicted molar refractivity (Wildman–Crippen MR) is 124 cm³/mol. The average Bonchev–Trinajstić information content (AvgIpc) is 3.30. The summed E-state index contributed by atoms with van der Waals surface area (Å²) in [5, 5.41) is 3.98. The van der Waals surface area contributed by atoms with E-state index in [1.807, 2.05) is 36.4 Å². The van der Waals surface area contributed by atoms with Gasteiger partial charge in [0.05, 0.1) is 12.8 Å². The number of carbonyl (C=O) groups is 1. The van der Waals surface area contributed by atoms with Crippen molar-refractivity contribution in [3.63, 3.8) is 0 Å². The van der Waals surface area contributed by atoms with Gasteiger partial charge in [-0.05, 0) is 48.6 Å². The third-order valence-corrected chi connectivity index (χ3v) is 6.47. The monoisotopic (exact) mass is 456 g/mol. The molecule has 0 radical (unpaired) electrons. The molecule has 0 saturated carbocycles. The summed E-state index contributed by atoms with van der Waals surface area (Å²) in [6, 6.07) is 13.0. The maximum atomic E-state index is 12.3. The molecule has 6 nitrogen and oxygen atoms in total. The fraction of sp³-hybridized carbons (Fsp3) is 0.348. The van der Waals surface area contributed by atoms with Crippen molar-refractivity contribution in [3.05, 3.63) is 70.8 Å². The van der Waals surface area contributed by atoms with Crippen LogP contribution in [0.25, 0.3) is 0 Å². The first-order chi connectivity index (χ1) is 15.1. The number of halogens is 1.